The van der Waals surface area contributed by atoms with Crippen molar-refractivity contribution < 1.29 is 22.3 Å². The number of nitrogens with zero attached hydrogens (tertiary/aromatic N) is 2. The molecule has 5 rings (SSSR count). The van der Waals surface area contributed by atoms with Crippen LogP contribution in [0.25, 0.3) is 20.8 Å². The average Bonchev–Trinajstić information content (AvgIpc) is 3.66. The number of halogens is 1. The third kappa shape index (κ3) is 6.25. The first kappa shape index (κ1) is 26.4. The summed E-state index contributed by atoms with van der Waals surface area (Å²) in [6.45, 7) is 3.85. The number of hydrogen-bond acceptors (Lipinski definition) is 8. The first-order valence-electron chi connectivity index (χ1n) is 12.6. The van der Waals surface area contributed by atoms with Crippen LogP contribution in [0.15, 0.2) is 54.9 Å². The molecule has 0 amide bonds. The van der Waals surface area contributed by atoms with Crippen molar-refractivity contribution in [3.8, 4) is 22.1 Å². The van der Waals surface area contributed by atoms with Gasteiger partial charge in [-0.3, -0.25) is 14.8 Å². The maximum absolute atomic E-state index is 14.9. The zero-order valence-electron chi connectivity index (χ0n) is 20.9. The van der Waals surface area contributed by atoms with Gasteiger partial charge >= 0.3 is 0 Å². The van der Waals surface area contributed by atoms with Gasteiger partial charge in [-0.1, -0.05) is 19.1 Å². The molecule has 10 heteroatoms. The second kappa shape index (κ2) is 11.3. The van der Waals surface area contributed by atoms with Crippen molar-refractivity contribution in [2.75, 3.05) is 12.3 Å². The van der Waals surface area contributed by atoms with E-state index in [9.17, 15) is 17.6 Å². The van der Waals surface area contributed by atoms with E-state index in [-0.39, 0.29) is 12.2 Å². The van der Waals surface area contributed by atoms with Crippen LogP contribution in [0, 0.1) is 5.82 Å². The number of carbonyl (C=O) groups excluding carboxylic acids is 1. The first-order chi connectivity index (χ1) is 18.3. The topological polar surface area (TPSA) is 98.3 Å². The fourth-order valence-corrected chi connectivity index (χ4v) is 6.79. The molecule has 1 fully saturated rings. The van der Waals surface area contributed by atoms with Gasteiger partial charge in [0.25, 0.3) is 0 Å². The van der Waals surface area contributed by atoms with Crippen molar-refractivity contribution in [3.05, 3.63) is 71.8 Å². The van der Waals surface area contributed by atoms with Gasteiger partial charge < -0.3 is 10.1 Å². The van der Waals surface area contributed by atoms with Crippen molar-refractivity contribution >= 4 is 37.2 Å². The van der Waals surface area contributed by atoms with Crippen LogP contribution in [0.4, 0.5) is 4.39 Å². The number of sulfone groups is 1. The van der Waals surface area contributed by atoms with Gasteiger partial charge in [-0.25, -0.2) is 12.8 Å². The Morgan fingerprint density at radius 2 is 1.92 bits per heavy atom. The largest absolute Gasteiger partial charge is 0.453 e. The molecular weight excluding hydrogens is 525 g/mol. The zero-order chi connectivity index (χ0) is 26.7. The Morgan fingerprint density at radius 3 is 2.63 bits per heavy atom. The number of aromatic nitrogens is 2. The van der Waals surface area contributed by atoms with E-state index in [2.05, 4.69) is 22.2 Å². The number of rotatable bonds is 12. The number of Topliss-reactive ketones (excluding diaryl/α,β-unsaturated/α-hetero) is 1. The monoisotopic (exact) mass is 553 g/mol. The molecule has 1 N–H and O–H groups in total. The SMILES string of the molecule is CCCNCc1ccc(-c2cc3nccc(Oc4ccc(CC(=O)CS(=O)(=O)C5CC5)cc4F)c3s2)nc1. The Kier molecular flexibility index (Phi) is 7.83. The van der Waals surface area contributed by atoms with E-state index in [0.717, 1.165) is 45.9 Å². The third-order valence-corrected chi connectivity index (χ3v) is 9.59. The highest BCUT2D eigenvalue weighted by Crippen LogP contribution is 2.39. The summed E-state index contributed by atoms with van der Waals surface area (Å²) in [6, 6.07) is 11.9. The smallest absolute Gasteiger partial charge is 0.166 e. The number of fused-ring (bicyclic) bond motifs is 1. The quantitative estimate of drug-likeness (QED) is 0.232. The second-order valence-electron chi connectivity index (χ2n) is 9.45. The van der Waals surface area contributed by atoms with Crippen molar-refractivity contribution in [2.45, 2.75) is 44.4 Å². The highest BCUT2D eigenvalue weighted by atomic mass is 32.2. The molecular formula is C28H28FN3O4S2. The predicted octanol–water partition coefficient (Wildman–Crippen LogP) is 5.48. The van der Waals surface area contributed by atoms with Crippen LogP contribution >= 0.6 is 11.3 Å². The summed E-state index contributed by atoms with van der Waals surface area (Å²) in [6.07, 6.45) is 5.63. The summed E-state index contributed by atoms with van der Waals surface area (Å²) in [4.78, 5) is 22.2. The molecule has 1 aromatic carbocycles. The van der Waals surface area contributed by atoms with Crippen molar-refractivity contribution in [1.29, 1.82) is 0 Å². The van der Waals surface area contributed by atoms with Crippen LogP contribution in [0.5, 0.6) is 11.5 Å². The number of ketones is 1. The van der Waals surface area contributed by atoms with Gasteiger partial charge in [0, 0.05) is 31.4 Å². The number of ether oxygens (including phenoxy) is 1. The van der Waals surface area contributed by atoms with Crippen LogP contribution in [-0.2, 0) is 27.6 Å². The number of hydrogen-bond donors (Lipinski definition) is 1. The Labute approximate surface area is 225 Å². The fourth-order valence-electron chi connectivity index (χ4n) is 4.11. The van der Waals surface area contributed by atoms with E-state index in [1.165, 1.54) is 23.5 Å². The normalized spacial score (nSPS) is 13.6. The van der Waals surface area contributed by atoms with Gasteiger partial charge in [0.2, 0.25) is 0 Å². The van der Waals surface area contributed by atoms with Gasteiger partial charge in [-0.2, -0.15) is 0 Å². The Bertz CT molecular complexity index is 1570. The molecule has 1 saturated carbocycles. The Hall–Kier alpha value is -3.21. The summed E-state index contributed by atoms with van der Waals surface area (Å²) in [5.41, 5.74) is 3.05. The van der Waals surface area contributed by atoms with Crippen molar-refractivity contribution in [3.63, 3.8) is 0 Å². The van der Waals surface area contributed by atoms with Crippen molar-refractivity contribution in [2.24, 2.45) is 0 Å². The summed E-state index contributed by atoms with van der Waals surface area (Å²) < 4.78 is 45.7. The number of benzene rings is 1. The van der Waals surface area contributed by atoms with Gasteiger partial charge in [0.05, 0.1) is 26.0 Å². The molecule has 0 saturated heterocycles. The lowest BCUT2D eigenvalue weighted by atomic mass is 10.1. The number of carbonyl (C=O) groups is 1. The molecule has 3 heterocycles. The van der Waals surface area contributed by atoms with Crippen LogP contribution < -0.4 is 10.1 Å². The number of thiophene rings is 1. The third-order valence-electron chi connectivity index (χ3n) is 6.22. The standard InChI is InChI=1S/C28H28FN3O4S2/c1-2-10-30-15-19-3-7-23(32-16-19)27-14-24-28(37-27)26(9-11-31-24)36-25-8-4-18(13-22(25)29)12-20(33)17-38(34,35)21-5-6-21/h3-4,7-9,11,13-14,16,21,30H,2,5-6,10,12,15,17H2,1H3. The molecule has 0 radical (unpaired) electrons. The van der Waals surface area contributed by atoms with E-state index in [1.807, 2.05) is 24.4 Å². The second-order valence-corrected chi connectivity index (χ2v) is 12.8. The molecule has 0 spiro atoms. The van der Waals surface area contributed by atoms with Crippen LogP contribution in [0.1, 0.15) is 37.3 Å². The molecule has 198 valence electrons. The van der Waals surface area contributed by atoms with Crippen LogP contribution in [-0.4, -0.2) is 41.7 Å². The summed E-state index contributed by atoms with van der Waals surface area (Å²) in [5, 5.41) is 2.97. The van der Waals surface area contributed by atoms with E-state index in [1.54, 1.807) is 18.3 Å². The van der Waals surface area contributed by atoms with Gasteiger partial charge in [0.15, 0.2) is 27.2 Å². The van der Waals surface area contributed by atoms with Gasteiger partial charge in [0.1, 0.15) is 11.5 Å². The highest BCUT2D eigenvalue weighted by molar-refractivity contribution is 7.93. The predicted molar refractivity (Wildman–Crippen MR) is 147 cm³/mol. The molecule has 0 aliphatic heterocycles. The van der Waals surface area contributed by atoms with E-state index >= 15 is 0 Å². The summed E-state index contributed by atoms with van der Waals surface area (Å²) in [7, 11) is -3.39. The van der Waals surface area contributed by atoms with Gasteiger partial charge in [-0.05, 0) is 61.2 Å². The fraction of sp³-hybridized carbons (Fsp3) is 0.321. The molecule has 1 aliphatic rings. The molecule has 1 aliphatic carbocycles. The minimum atomic E-state index is -3.39. The summed E-state index contributed by atoms with van der Waals surface area (Å²) in [5.74, 6) is -1.09. The van der Waals surface area contributed by atoms with Crippen LogP contribution in [0.2, 0.25) is 0 Å². The molecule has 0 unspecified atom stereocenters. The highest BCUT2D eigenvalue weighted by Gasteiger charge is 2.36. The Morgan fingerprint density at radius 1 is 1.11 bits per heavy atom. The van der Waals surface area contributed by atoms with Crippen molar-refractivity contribution in [1.82, 2.24) is 15.3 Å². The maximum atomic E-state index is 14.9. The zero-order valence-corrected chi connectivity index (χ0v) is 22.6. The number of pyridine rings is 2. The average molecular weight is 554 g/mol. The Balaban J connectivity index is 1.29. The molecule has 4 aromatic rings. The summed E-state index contributed by atoms with van der Waals surface area (Å²) >= 11 is 1.46. The van der Waals surface area contributed by atoms with Crippen LogP contribution in [0.3, 0.4) is 0 Å². The lowest BCUT2D eigenvalue weighted by molar-refractivity contribution is -0.116. The minimum absolute atomic E-state index is 0.0105. The molecule has 3 aromatic heterocycles. The van der Waals surface area contributed by atoms with E-state index in [0.29, 0.717) is 24.2 Å². The first-order valence-corrected chi connectivity index (χ1v) is 15.1. The minimum Gasteiger partial charge on any atom is -0.453 e. The van der Waals surface area contributed by atoms with Gasteiger partial charge in [-0.15, -0.1) is 11.3 Å². The molecule has 0 atom stereocenters. The lowest BCUT2D eigenvalue weighted by Gasteiger charge is -2.09. The molecule has 0 bridgehead atoms. The molecule has 38 heavy (non-hydrogen) atoms. The lowest BCUT2D eigenvalue weighted by Crippen LogP contribution is -2.21. The number of nitrogens with one attached hydrogen (secondary N) is 1. The van der Waals surface area contributed by atoms with E-state index in [4.69, 9.17) is 4.74 Å². The van der Waals surface area contributed by atoms with E-state index < -0.39 is 32.4 Å². The maximum Gasteiger partial charge on any atom is 0.166 e. The molecule has 7 nitrogen and oxygen atoms in total.